The van der Waals surface area contributed by atoms with Crippen LogP contribution in [0.25, 0.3) is 0 Å². The van der Waals surface area contributed by atoms with Crippen molar-refractivity contribution in [2.45, 2.75) is 46.6 Å². The molecular formula is C12H24N2O. The zero-order chi connectivity index (χ0) is 11.5. The van der Waals surface area contributed by atoms with Gasteiger partial charge in [0.25, 0.3) is 0 Å². The van der Waals surface area contributed by atoms with Crippen molar-refractivity contribution in [3.8, 4) is 0 Å². The Labute approximate surface area is 93.0 Å². The topological polar surface area (TPSA) is 41.1 Å². The summed E-state index contributed by atoms with van der Waals surface area (Å²) in [7, 11) is 0. The van der Waals surface area contributed by atoms with Crippen LogP contribution in [0.1, 0.15) is 40.5 Å². The molecule has 1 aliphatic rings. The highest BCUT2D eigenvalue weighted by atomic mass is 16.1. The van der Waals surface area contributed by atoms with Crippen molar-refractivity contribution < 1.29 is 4.79 Å². The lowest BCUT2D eigenvalue weighted by Gasteiger charge is -2.28. The SMILES string of the molecule is CC1CCC(C(=O)NCC(C)(C)C)CN1. The Morgan fingerprint density at radius 3 is 2.53 bits per heavy atom. The molecule has 0 spiro atoms. The van der Waals surface area contributed by atoms with Crippen LogP contribution >= 0.6 is 0 Å². The van der Waals surface area contributed by atoms with E-state index in [0.29, 0.717) is 6.04 Å². The predicted molar refractivity (Wildman–Crippen MR) is 62.7 cm³/mol. The van der Waals surface area contributed by atoms with Gasteiger partial charge >= 0.3 is 0 Å². The predicted octanol–water partition coefficient (Wildman–Crippen LogP) is 1.54. The van der Waals surface area contributed by atoms with E-state index < -0.39 is 0 Å². The molecule has 2 N–H and O–H groups in total. The van der Waals surface area contributed by atoms with Crippen molar-refractivity contribution in [2.24, 2.45) is 11.3 Å². The summed E-state index contributed by atoms with van der Waals surface area (Å²) in [6.07, 6.45) is 2.12. The monoisotopic (exact) mass is 212 g/mol. The Kier molecular flexibility index (Phi) is 4.14. The van der Waals surface area contributed by atoms with E-state index in [9.17, 15) is 4.79 Å². The van der Waals surface area contributed by atoms with Crippen molar-refractivity contribution in [1.29, 1.82) is 0 Å². The molecule has 0 aromatic rings. The van der Waals surface area contributed by atoms with Crippen molar-refractivity contribution in [3.63, 3.8) is 0 Å². The summed E-state index contributed by atoms with van der Waals surface area (Å²) in [5.74, 6) is 0.382. The summed E-state index contributed by atoms with van der Waals surface area (Å²) in [5, 5.41) is 6.38. The van der Waals surface area contributed by atoms with Crippen LogP contribution in [0.2, 0.25) is 0 Å². The van der Waals surface area contributed by atoms with E-state index in [1.165, 1.54) is 0 Å². The molecule has 0 aromatic heterocycles. The number of hydrogen-bond donors (Lipinski definition) is 2. The van der Waals surface area contributed by atoms with Gasteiger partial charge in [-0.05, 0) is 25.2 Å². The van der Waals surface area contributed by atoms with Gasteiger partial charge in [-0.2, -0.15) is 0 Å². The van der Waals surface area contributed by atoms with E-state index in [0.717, 1.165) is 25.9 Å². The lowest BCUT2D eigenvalue weighted by atomic mass is 9.93. The van der Waals surface area contributed by atoms with Gasteiger partial charge < -0.3 is 10.6 Å². The summed E-state index contributed by atoms with van der Waals surface area (Å²) in [4.78, 5) is 11.8. The summed E-state index contributed by atoms with van der Waals surface area (Å²) in [5.41, 5.74) is 0.172. The first-order valence-corrected chi connectivity index (χ1v) is 5.89. The first kappa shape index (κ1) is 12.5. The minimum atomic E-state index is 0.170. The molecule has 2 unspecified atom stereocenters. The fourth-order valence-corrected chi connectivity index (χ4v) is 1.72. The largest absolute Gasteiger partial charge is 0.355 e. The van der Waals surface area contributed by atoms with Gasteiger partial charge in [0.05, 0.1) is 5.92 Å². The molecule has 0 saturated carbocycles. The van der Waals surface area contributed by atoms with Crippen LogP contribution in [0.3, 0.4) is 0 Å². The molecule has 1 saturated heterocycles. The molecule has 0 bridgehead atoms. The molecule has 15 heavy (non-hydrogen) atoms. The van der Waals surface area contributed by atoms with Crippen LogP contribution in [0.5, 0.6) is 0 Å². The second-order valence-corrected chi connectivity index (χ2v) is 5.86. The maximum atomic E-state index is 11.8. The number of rotatable bonds is 2. The van der Waals surface area contributed by atoms with Crippen LogP contribution in [-0.4, -0.2) is 25.0 Å². The maximum Gasteiger partial charge on any atom is 0.224 e. The van der Waals surface area contributed by atoms with Gasteiger partial charge in [-0.1, -0.05) is 20.8 Å². The number of hydrogen-bond acceptors (Lipinski definition) is 2. The average molecular weight is 212 g/mol. The highest BCUT2D eigenvalue weighted by Gasteiger charge is 2.24. The molecule has 1 fully saturated rings. The summed E-state index contributed by atoms with van der Waals surface area (Å²) in [6.45, 7) is 10.2. The Morgan fingerprint density at radius 1 is 1.40 bits per heavy atom. The van der Waals surface area contributed by atoms with Gasteiger partial charge in [-0.25, -0.2) is 0 Å². The van der Waals surface area contributed by atoms with Crippen molar-refractivity contribution in [1.82, 2.24) is 10.6 Å². The minimum absolute atomic E-state index is 0.170. The van der Waals surface area contributed by atoms with Gasteiger partial charge in [0.15, 0.2) is 0 Å². The van der Waals surface area contributed by atoms with E-state index >= 15 is 0 Å². The first-order chi connectivity index (χ1) is 6.88. The lowest BCUT2D eigenvalue weighted by molar-refractivity contribution is -0.126. The van der Waals surface area contributed by atoms with Gasteiger partial charge in [-0.15, -0.1) is 0 Å². The third-order valence-corrected chi connectivity index (χ3v) is 2.82. The highest BCUT2D eigenvalue weighted by molar-refractivity contribution is 5.79. The van der Waals surface area contributed by atoms with Gasteiger partial charge in [-0.3, -0.25) is 4.79 Å². The summed E-state index contributed by atoms with van der Waals surface area (Å²) < 4.78 is 0. The van der Waals surface area contributed by atoms with Crippen LogP contribution in [0, 0.1) is 11.3 Å². The van der Waals surface area contributed by atoms with E-state index in [4.69, 9.17) is 0 Å². The maximum absolute atomic E-state index is 11.8. The first-order valence-electron chi connectivity index (χ1n) is 5.89. The third-order valence-electron chi connectivity index (χ3n) is 2.82. The Bertz CT molecular complexity index is 212. The number of carbonyl (C=O) groups is 1. The molecule has 1 aliphatic heterocycles. The Hall–Kier alpha value is -0.570. The molecule has 88 valence electrons. The van der Waals surface area contributed by atoms with E-state index in [1.807, 2.05) is 0 Å². The molecule has 2 atom stereocenters. The number of amides is 1. The molecular weight excluding hydrogens is 188 g/mol. The van der Waals surface area contributed by atoms with Crippen LogP contribution in [0.15, 0.2) is 0 Å². The average Bonchev–Trinajstić information content (AvgIpc) is 2.14. The molecule has 1 rings (SSSR count). The minimum Gasteiger partial charge on any atom is -0.355 e. The Morgan fingerprint density at radius 2 is 2.07 bits per heavy atom. The molecule has 1 heterocycles. The standard InChI is InChI=1S/C12H24N2O/c1-9-5-6-10(7-13-9)11(15)14-8-12(2,3)4/h9-10,13H,5-8H2,1-4H3,(H,14,15). The molecule has 1 amide bonds. The summed E-state index contributed by atoms with van der Waals surface area (Å²) >= 11 is 0. The van der Waals surface area contributed by atoms with Crippen LogP contribution in [0.4, 0.5) is 0 Å². The number of nitrogens with one attached hydrogen (secondary N) is 2. The zero-order valence-corrected chi connectivity index (χ0v) is 10.4. The van der Waals surface area contributed by atoms with E-state index in [-0.39, 0.29) is 17.2 Å². The smallest absolute Gasteiger partial charge is 0.224 e. The highest BCUT2D eigenvalue weighted by Crippen LogP contribution is 2.15. The lowest BCUT2D eigenvalue weighted by Crippen LogP contribution is -2.45. The van der Waals surface area contributed by atoms with E-state index in [2.05, 4.69) is 38.3 Å². The van der Waals surface area contributed by atoms with Crippen molar-refractivity contribution >= 4 is 5.91 Å². The fourth-order valence-electron chi connectivity index (χ4n) is 1.72. The van der Waals surface area contributed by atoms with Crippen molar-refractivity contribution in [3.05, 3.63) is 0 Å². The van der Waals surface area contributed by atoms with Crippen LogP contribution in [-0.2, 0) is 4.79 Å². The van der Waals surface area contributed by atoms with Gasteiger partial charge in [0.1, 0.15) is 0 Å². The molecule has 0 aliphatic carbocycles. The third kappa shape index (κ3) is 4.65. The summed E-state index contributed by atoms with van der Waals surface area (Å²) in [6, 6.07) is 0.566. The van der Waals surface area contributed by atoms with Gasteiger partial charge in [0.2, 0.25) is 5.91 Å². The van der Waals surface area contributed by atoms with E-state index in [1.54, 1.807) is 0 Å². The number of carbonyl (C=O) groups excluding carboxylic acids is 1. The van der Waals surface area contributed by atoms with Crippen molar-refractivity contribution in [2.75, 3.05) is 13.1 Å². The van der Waals surface area contributed by atoms with Crippen LogP contribution < -0.4 is 10.6 Å². The molecule has 3 heteroatoms. The molecule has 0 radical (unpaired) electrons. The second kappa shape index (κ2) is 4.97. The fraction of sp³-hybridized carbons (Fsp3) is 0.917. The Balaban J connectivity index is 2.29. The quantitative estimate of drug-likeness (QED) is 0.729. The number of piperidine rings is 1. The van der Waals surface area contributed by atoms with Gasteiger partial charge in [0, 0.05) is 19.1 Å². The second-order valence-electron chi connectivity index (χ2n) is 5.86. The normalized spacial score (nSPS) is 27.5. The molecule has 3 nitrogen and oxygen atoms in total. The molecule has 0 aromatic carbocycles. The zero-order valence-electron chi connectivity index (χ0n) is 10.4.